The minimum absolute atomic E-state index is 0.0286. The molecule has 4 heteroatoms. The summed E-state index contributed by atoms with van der Waals surface area (Å²) in [6.07, 6.45) is 0.693. The van der Waals surface area contributed by atoms with E-state index in [1.165, 1.54) is 0 Å². The van der Waals surface area contributed by atoms with Crippen molar-refractivity contribution in [1.82, 2.24) is 4.98 Å². The minimum Gasteiger partial charge on any atom is -0.481 e. The summed E-state index contributed by atoms with van der Waals surface area (Å²) in [6.45, 7) is 3.85. The average molecular weight is 233 g/mol. The van der Waals surface area contributed by atoms with Gasteiger partial charge in [-0.3, -0.25) is 4.79 Å². The second-order valence-corrected chi connectivity index (χ2v) is 4.44. The van der Waals surface area contributed by atoms with Crippen LogP contribution in [0.2, 0.25) is 0 Å². The molecule has 0 saturated carbocycles. The van der Waals surface area contributed by atoms with Gasteiger partial charge in [0.05, 0.1) is 0 Å². The number of oxazole rings is 1. The number of aliphatic carboxylic acids is 1. The summed E-state index contributed by atoms with van der Waals surface area (Å²) in [5.74, 6) is -0.145. The molecule has 2 rings (SSSR count). The number of carboxylic acid groups (broad SMARTS) is 1. The van der Waals surface area contributed by atoms with Gasteiger partial charge in [-0.15, -0.1) is 0 Å². The first kappa shape index (κ1) is 11.6. The van der Waals surface area contributed by atoms with E-state index in [0.29, 0.717) is 12.3 Å². The molecule has 0 aliphatic rings. The molecule has 1 unspecified atom stereocenters. The van der Waals surface area contributed by atoms with Gasteiger partial charge in [-0.05, 0) is 24.5 Å². The van der Waals surface area contributed by atoms with Gasteiger partial charge in [-0.2, -0.15) is 0 Å². The average Bonchev–Trinajstić information content (AvgIpc) is 2.60. The highest BCUT2D eigenvalue weighted by atomic mass is 16.4. The zero-order valence-electron chi connectivity index (χ0n) is 9.93. The van der Waals surface area contributed by atoms with E-state index in [1.54, 1.807) is 0 Å². The third kappa shape index (κ3) is 2.64. The number of aryl methyl sites for hydroxylation is 1. The second kappa shape index (κ2) is 4.57. The normalized spacial score (nSPS) is 12.8. The largest absolute Gasteiger partial charge is 0.481 e. The molecule has 1 N–H and O–H groups in total. The van der Waals surface area contributed by atoms with Crippen molar-refractivity contribution in [2.24, 2.45) is 5.92 Å². The second-order valence-electron chi connectivity index (χ2n) is 4.44. The first-order chi connectivity index (χ1) is 8.06. The van der Waals surface area contributed by atoms with Gasteiger partial charge in [0.1, 0.15) is 5.52 Å². The van der Waals surface area contributed by atoms with Gasteiger partial charge in [0, 0.05) is 12.8 Å². The molecular weight excluding hydrogens is 218 g/mol. The van der Waals surface area contributed by atoms with Gasteiger partial charge in [-0.1, -0.05) is 19.1 Å². The molecule has 0 aliphatic heterocycles. The Morgan fingerprint density at radius 2 is 2.29 bits per heavy atom. The molecule has 0 saturated heterocycles. The van der Waals surface area contributed by atoms with Crippen LogP contribution in [0.4, 0.5) is 0 Å². The van der Waals surface area contributed by atoms with Crippen LogP contribution in [-0.2, 0) is 11.2 Å². The number of hydrogen-bond donors (Lipinski definition) is 1. The molecule has 1 heterocycles. The smallest absolute Gasteiger partial charge is 0.303 e. The van der Waals surface area contributed by atoms with Crippen molar-refractivity contribution >= 4 is 17.1 Å². The molecule has 0 radical (unpaired) electrons. The Morgan fingerprint density at radius 3 is 2.94 bits per heavy atom. The van der Waals surface area contributed by atoms with Crippen LogP contribution in [0.25, 0.3) is 11.1 Å². The van der Waals surface area contributed by atoms with E-state index >= 15 is 0 Å². The van der Waals surface area contributed by atoms with Gasteiger partial charge in [0.2, 0.25) is 0 Å². The fourth-order valence-electron chi connectivity index (χ4n) is 1.89. The van der Waals surface area contributed by atoms with Crippen molar-refractivity contribution in [2.45, 2.75) is 26.7 Å². The molecule has 90 valence electrons. The highest BCUT2D eigenvalue weighted by molar-refractivity contribution is 5.76. The third-order valence-electron chi connectivity index (χ3n) is 2.70. The fraction of sp³-hybridized carbons (Fsp3) is 0.385. The van der Waals surface area contributed by atoms with Crippen molar-refractivity contribution in [3.63, 3.8) is 0 Å². The number of hydrogen-bond acceptors (Lipinski definition) is 3. The Hall–Kier alpha value is -1.84. The summed E-state index contributed by atoms with van der Waals surface area (Å²) in [5, 5.41) is 8.69. The predicted octanol–water partition coefficient (Wildman–Crippen LogP) is 2.79. The molecule has 0 spiro atoms. The van der Waals surface area contributed by atoms with Crippen molar-refractivity contribution in [3.8, 4) is 0 Å². The van der Waals surface area contributed by atoms with Crippen molar-refractivity contribution in [1.29, 1.82) is 0 Å². The van der Waals surface area contributed by atoms with Crippen molar-refractivity contribution < 1.29 is 14.3 Å². The summed E-state index contributed by atoms with van der Waals surface area (Å²) in [7, 11) is 0. The maximum absolute atomic E-state index is 10.6. The fourth-order valence-corrected chi connectivity index (χ4v) is 1.89. The van der Waals surface area contributed by atoms with E-state index in [4.69, 9.17) is 9.52 Å². The van der Waals surface area contributed by atoms with Crippen LogP contribution in [0.1, 0.15) is 24.8 Å². The molecule has 1 atom stereocenters. The molecule has 0 bridgehead atoms. The van der Waals surface area contributed by atoms with Crippen LogP contribution in [0, 0.1) is 12.8 Å². The number of benzene rings is 1. The lowest BCUT2D eigenvalue weighted by Crippen LogP contribution is -2.07. The molecule has 1 aromatic carbocycles. The topological polar surface area (TPSA) is 63.3 Å². The monoisotopic (exact) mass is 233 g/mol. The molecule has 1 aromatic heterocycles. The zero-order chi connectivity index (χ0) is 12.4. The summed E-state index contributed by atoms with van der Waals surface area (Å²) in [5.41, 5.74) is 2.68. The van der Waals surface area contributed by atoms with Crippen LogP contribution < -0.4 is 0 Å². The highest BCUT2D eigenvalue weighted by Gasteiger charge is 2.13. The van der Waals surface area contributed by atoms with E-state index in [0.717, 1.165) is 16.7 Å². The summed E-state index contributed by atoms with van der Waals surface area (Å²) >= 11 is 0. The molecule has 2 aromatic rings. The van der Waals surface area contributed by atoms with Gasteiger partial charge >= 0.3 is 5.97 Å². The van der Waals surface area contributed by atoms with Crippen molar-refractivity contribution in [2.75, 3.05) is 0 Å². The summed E-state index contributed by atoms with van der Waals surface area (Å²) < 4.78 is 5.65. The number of carbonyl (C=O) groups is 1. The van der Waals surface area contributed by atoms with Crippen molar-refractivity contribution in [3.05, 3.63) is 29.7 Å². The lowest BCUT2D eigenvalue weighted by atomic mass is 10.0. The van der Waals surface area contributed by atoms with Crippen LogP contribution >= 0.6 is 0 Å². The van der Waals surface area contributed by atoms with E-state index in [2.05, 4.69) is 4.98 Å². The number of fused-ring (bicyclic) bond motifs is 1. The maximum atomic E-state index is 10.6. The Kier molecular flexibility index (Phi) is 3.13. The Labute approximate surface area is 99.3 Å². The van der Waals surface area contributed by atoms with Gasteiger partial charge in [-0.25, -0.2) is 4.98 Å². The highest BCUT2D eigenvalue weighted by Crippen LogP contribution is 2.21. The zero-order valence-corrected chi connectivity index (χ0v) is 9.93. The number of para-hydroxylation sites is 1. The van der Waals surface area contributed by atoms with Crippen LogP contribution in [0.3, 0.4) is 0 Å². The predicted molar refractivity (Wildman–Crippen MR) is 63.9 cm³/mol. The van der Waals surface area contributed by atoms with Gasteiger partial charge < -0.3 is 9.52 Å². The molecule has 17 heavy (non-hydrogen) atoms. The Balaban J connectivity index is 2.20. The van der Waals surface area contributed by atoms with Crippen LogP contribution in [-0.4, -0.2) is 16.1 Å². The van der Waals surface area contributed by atoms with Gasteiger partial charge in [0.25, 0.3) is 0 Å². The number of nitrogens with zero attached hydrogens (tertiary/aromatic N) is 1. The van der Waals surface area contributed by atoms with E-state index in [1.807, 2.05) is 32.0 Å². The lowest BCUT2D eigenvalue weighted by Gasteiger charge is -2.03. The molecule has 4 nitrogen and oxygen atoms in total. The van der Waals surface area contributed by atoms with Crippen LogP contribution in [0.5, 0.6) is 0 Å². The number of aromatic nitrogens is 1. The SMILES string of the molecule is Cc1cccc2nc(CC(C)CC(=O)O)oc12. The Morgan fingerprint density at radius 1 is 1.53 bits per heavy atom. The third-order valence-corrected chi connectivity index (χ3v) is 2.70. The Bertz CT molecular complexity index is 545. The molecule has 0 fully saturated rings. The first-order valence-electron chi connectivity index (χ1n) is 5.63. The van der Waals surface area contributed by atoms with E-state index < -0.39 is 5.97 Å². The van der Waals surface area contributed by atoms with E-state index in [-0.39, 0.29) is 12.3 Å². The van der Waals surface area contributed by atoms with Crippen LogP contribution in [0.15, 0.2) is 22.6 Å². The number of carboxylic acids is 1. The minimum atomic E-state index is -0.787. The standard InChI is InChI=1S/C13H15NO3/c1-8(7-12(15)16)6-11-14-10-5-3-4-9(2)13(10)17-11/h3-5,8H,6-7H2,1-2H3,(H,15,16). The van der Waals surface area contributed by atoms with Gasteiger partial charge in [0.15, 0.2) is 11.5 Å². The first-order valence-corrected chi connectivity index (χ1v) is 5.63. The number of rotatable bonds is 4. The molecule has 0 aliphatic carbocycles. The maximum Gasteiger partial charge on any atom is 0.303 e. The molecular formula is C13H15NO3. The van der Waals surface area contributed by atoms with E-state index in [9.17, 15) is 4.79 Å². The summed E-state index contributed by atoms with van der Waals surface area (Å²) in [6, 6.07) is 5.81. The lowest BCUT2D eigenvalue weighted by molar-refractivity contribution is -0.137. The quantitative estimate of drug-likeness (QED) is 0.881. The molecule has 0 amide bonds. The summed E-state index contributed by atoms with van der Waals surface area (Å²) in [4.78, 5) is 14.9.